The summed E-state index contributed by atoms with van der Waals surface area (Å²) in [5, 5.41) is 0. The zero-order valence-electron chi connectivity index (χ0n) is 10.0. The Kier molecular flexibility index (Phi) is 3.92. The highest BCUT2D eigenvalue weighted by Crippen LogP contribution is 2.42. The summed E-state index contributed by atoms with van der Waals surface area (Å²) < 4.78 is 5.01. The zero-order valence-corrected chi connectivity index (χ0v) is 10.8. The van der Waals surface area contributed by atoms with Crippen molar-refractivity contribution < 1.29 is 14.3 Å². The van der Waals surface area contributed by atoms with E-state index in [0.717, 1.165) is 19.3 Å². The first-order valence-corrected chi connectivity index (χ1v) is 6.74. The Morgan fingerprint density at radius 1 is 1.41 bits per heavy atom. The third-order valence-electron chi connectivity index (χ3n) is 3.85. The topological polar surface area (TPSA) is 46.6 Å². The Labute approximate surface area is 106 Å². The van der Waals surface area contributed by atoms with Crippen molar-refractivity contribution in [2.45, 2.75) is 32.2 Å². The first-order chi connectivity index (χ1) is 8.19. The number of hydrogen-bond acceptors (Lipinski definition) is 3. The van der Waals surface area contributed by atoms with Crippen LogP contribution in [-0.4, -0.2) is 41.8 Å². The second-order valence-electron chi connectivity index (χ2n) is 4.75. The molecule has 1 amide bonds. The minimum Gasteiger partial charge on any atom is -0.450 e. The molecule has 1 heterocycles. The minimum absolute atomic E-state index is 0.0240. The lowest BCUT2D eigenvalue weighted by Gasteiger charge is -2.25. The van der Waals surface area contributed by atoms with E-state index in [1.807, 2.05) is 0 Å². The zero-order chi connectivity index (χ0) is 12.4. The summed E-state index contributed by atoms with van der Waals surface area (Å²) in [4.78, 5) is 25.3. The largest absolute Gasteiger partial charge is 0.450 e. The van der Waals surface area contributed by atoms with Crippen LogP contribution in [0.2, 0.25) is 0 Å². The fourth-order valence-electron chi connectivity index (χ4n) is 3.19. The molecule has 0 spiro atoms. The van der Waals surface area contributed by atoms with Crippen molar-refractivity contribution in [3.63, 3.8) is 0 Å². The Balaban J connectivity index is 2.14. The van der Waals surface area contributed by atoms with E-state index in [4.69, 9.17) is 16.3 Å². The lowest BCUT2D eigenvalue weighted by Crippen LogP contribution is -2.44. The molecule has 3 unspecified atom stereocenters. The molecule has 0 N–H and O–H groups in total. The predicted molar refractivity (Wildman–Crippen MR) is 64.1 cm³/mol. The monoisotopic (exact) mass is 259 g/mol. The van der Waals surface area contributed by atoms with Crippen molar-refractivity contribution in [2.75, 3.05) is 19.0 Å². The number of Topliss-reactive ketones (excluding diaryl/α,β-unsaturated/α-hetero) is 1. The van der Waals surface area contributed by atoms with Gasteiger partial charge in [-0.25, -0.2) is 4.79 Å². The summed E-state index contributed by atoms with van der Waals surface area (Å²) in [7, 11) is 0. The lowest BCUT2D eigenvalue weighted by atomic mass is 9.92. The van der Waals surface area contributed by atoms with Gasteiger partial charge >= 0.3 is 6.09 Å². The Morgan fingerprint density at radius 3 is 2.82 bits per heavy atom. The van der Waals surface area contributed by atoms with Crippen LogP contribution in [0.1, 0.15) is 26.2 Å². The molecule has 0 aromatic heterocycles. The number of carbonyl (C=O) groups is 2. The molecule has 1 aliphatic carbocycles. The molecule has 4 nitrogen and oxygen atoms in total. The van der Waals surface area contributed by atoms with Gasteiger partial charge in [-0.1, -0.05) is 6.42 Å². The van der Waals surface area contributed by atoms with Gasteiger partial charge in [0.15, 0.2) is 5.78 Å². The number of amides is 1. The van der Waals surface area contributed by atoms with E-state index in [1.54, 1.807) is 11.8 Å². The highest BCUT2D eigenvalue weighted by Gasteiger charge is 2.49. The fraction of sp³-hybridized carbons (Fsp3) is 0.833. The third-order valence-corrected chi connectivity index (χ3v) is 4.12. The van der Waals surface area contributed by atoms with Gasteiger partial charge < -0.3 is 4.74 Å². The van der Waals surface area contributed by atoms with Crippen molar-refractivity contribution >= 4 is 23.5 Å². The molecule has 0 aromatic rings. The van der Waals surface area contributed by atoms with Crippen LogP contribution in [0.3, 0.4) is 0 Å². The maximum atomic E-state index is 11.9. The van der Waals surface area contributed by atoms with Crippen LogP contribution in [0.4, 0.5) is 4.79 Å². The number of ether oxygens (including phenoxy) is 1. The van der Waals surface area contributed by atoms with Crippen molar-refractivity contribution in [3.8, 4) is 0 Å². The summed E-state index contributed by atoms with van der Waals surface area (Å²) in [6.45, 7) is 2.76. The smallest absolute Gasteiger partial charge is 0.410 e. The van der Waals surface area contributed by atoms with E-state index in [1.165, 1.54) is 0 Å². The SMILES string of the molecule is CCOC(=O)N1CC2CCCC2C1C(=O)CCl. The molecule has 1 aliphatic heterocycles. The Hall–Kier alpha value is -0.770. The number of hydrogen-bond donors (Lipinski definition) is 0. The summed E-state index contributed by atoms with van der Waals surface area (Å²) in [5.74, 6) is 0.681. The van der Waals surface area contributed by atoms with E-state index in [2.05, 4.69) is 0 Å². The van der Waals surface area contributed by atoms with Crippen LogP contribution in [0.5, 0.6) is 0 Å². The first-order valence-electron chi connectivity index (χ1n) is 6.21. The van der Waals surface area contributed by atoms with Crippen LogP contribution in [0.25, 0.3) is 0 Å². The van der Waals surface area contributed by atoms with Crippen molar-refractivity contribution in [2.24, 2.45) is 11.8 Å². The molecule has 1 saturated heterocycles. The van der Waals surface area contributed by atoms with Gasteiger partial charge in [-0.2, -0.15) is 0 Å². The normalized spacial score (nSPS) is 31.4. The van der Waals surface area contributed by atoms with E-state index in [0.29, 0.717) is 25.0 Å². The molecular formula is C12H18ClNO3. The van der Waals surface area contributed by atoms with Crippen LogP contribution in [0, 0.1) is 11.8 Å². The first kappa shape index (κ1) is 12.7. The van der Waals surface area contributed by atoms with E-state index >= 15 is 0 Å². The second kappa shape index (κ2) is 5.25. The number of ketones is 1. The van der Waals surface area contributed by atoms with Crippen LogP contribution < -0.4 is 0 Å². The van der Waals surface area contributed by atoms with Crippen molar-refractivity contribution in [1.82, 2.24) is 4.90 Å². The van der Waals surface area contributed by atoms with Gasteiger partial charge in [0.05, 0.1) is 18.5 Å². The molecule has 17 heavy (non-hydrogen) atoms. The maximum absolute atomic E-state index is 11.9. The minimum atomic E-state index is -0.370. The molecule has 1 saturated carbocycles. The average Bonchev–Trinajstić information content (AvgIpc) is 2.87. The summed E-state index contributed by atoms with van der Waals surface area (Å²) in [6, 6.07) is -0.348. The predicted octanol–water partition coefficient (Wildman–Crippen LogP) is 2.05. The molecule has 2 rings (SSSR count). The third kappa shape index (κ3) is 2.28. The van der Waals surface area contributed by atoms with Gasteiger partial charge in [0.1, 0.15) is 0 Å². The molecule has 0 aromatic carbocycles. The van der Waals surface area contributed by atoms with Gasteiger partial charge in [-0.15, -0.1) is 11.6 Å². The summed E-state index contributed by atoms with van der Waals surface area (Å²) in [5.41, 5.74) is 0. The molecular weight excluding hydrogens is 242 g/mol. The van der Waals surface area contributed by atoms with Crippen LogP contribution in [0.15, 0.2) is 0 Å². The van der Waals surface area contributed by atoms with Gasteiger partial charge in [0.25, 0.3) is 0 Å². The van der Waals surface area contributed by atoms with Crippen molar-refractivity contribution in [1.29, 1.82) is 0 Å². The van der Waals surface area contributed by atoms with Gasteiger partial charge in [0.2, 0.25) is 0 Å². The Bertz CT molecular complexity index is 321. The number of likely N-dealkylation sites (tertiary alicyclic amines) is 1. The number of rotatable bonds is 3. The highest BCUT2D eigenvalue weighted by molar-refractivity contribution is 6.28. The fourth-order valence-corrected chi connectivity index (χ4v) is 3.35. The molecule has 0 radical (unpaired) electrons. The maximum Gasteiger partial charge on any atom is 0.410 e. The number of alkyl halides is 1. The van der Waals surface area contributed by atoms with E-state index in [-0.39, 0.29) is 23.8 Å². The van der Waals surface area contributed by atoms with Crippen molar-refractivity contribution in [3.05, 3.63) is 0 Å². The highest BCUT2D eigenvalue weighted by atomic mass is 35.5. The molecule has 3 atom stereocenters. The van der Waals surface area contributed by atoms with Crippen LogP contribution >= 0.6 is 11.6 Å². The molecule has 96 valence electrons. The van der Waals surface area contributed by atoms with E-state index < -0.39 is 0 Å². The van der Waals surface area contributed by atoms with Gasteiger partial charge in [-0.05, 0) is 31.6 Å². The quantitative estimate of drug-likeness (QED) is 0.729. The molecule has 5 heteroatoms. The molecule has 2 fully saturated rings. The summed E-state index contributed by atoms with van der Waals surface area (Å²) >= 11 is 5.64. The molecule has 0 bridgehead atoms. The van der Waals surface area contributed by atoms with E-state index in [9.17, 15) is 9.59 Å². The standard InChI is InChI=1S/C12H18ClNO3/c1-2-17-12(16)14-7-8-4-3-5-9(8)11(14)10(15)6-13/h8-9,11H,2-7H2,1H3. The summed E-state index contributed by atoms with van der Waals surface area (Å²) in [6.07, 6.45) is 2.91. The van der Waals surface area contributed by atoms with Gasteiger partial charge in [0, 0.05) is 6.54 Å². The number of nitrogens with zero attached hydrogens (tertiary/aromatic N) is 1. The lowest BCUT2D eigenvalue weighted by molar-refractivity contribution is -0.121. The Morgan fingerprint density at radius 2 is 2.18 bits per heavy atom. The number of fused-ring (bicyclic) bond motifs is 1. The average molecular weight is 260 g/mol. The molecule has 2 aliphatic rings. The number of carbonyl (C=O) groups excluding carboxylic acids is 2. The van der Waals surface area contributed by atoms with Gasteiger partial charge in [-0.3, -0.25) is 9.69 Å². The number of halogens is 1. The second-order valence-corrected chi connectivity index (χ2v) is 5.02. The van der Waals surface area contributed by atoms with Crippen LogP contribution in [-0.2, 0) is 9.53 Å².